The first-order valence-corrected chi connectivity index (χ1v) is 12.5. The van der Waals surface area contributed by atoms with Gasteiger partial charge in [-0.25, -0.2) is 9.79 Å². The number of aryl methyl sites for hydroxylation is 1. The molecule has 0 aliphatic carbocycles. The average molecular weight is 542 g/mol. The second-order valence-electron chi connectivity index (χ2n) is 8.44. The lowest BCUT2D eigenvalue weighted by Crippen LogP contribution is -2.05. The van der Waals surface area contributed by atoms with Crippen LogP contribution in [0.25, 0.3) is 16.8 Å². The Labute approximate surface area is 218 Å². The Hall–Kier alpha value is -3.90. The van der Waals surface area contributed by atoms with Crippen LogP contribution in [0.2, 0.25) is 0 Å². The molecular formula is C30H24BrNO4. The van der Waals surface area contributed by atoms with E-state index in [0.29, 0.717) is 30.6 Å². The van der Waals surface area contributed by atoms with E-state index in [1.165, 1.54) is 5.56 Å². The van der Waals surface area contributed by atoms with E-state index in [1.54, 1.807) is 6.08 Å². The number of carbonyl (C=O) groups is 1. The first-order valence-electron chi connectivity index (χ1n) is 11.7. The van der Waals surface area contributed by atoms with Gasteiger partial charge in [-0.3, -0.25) is 0 Å². The van der Waals surface area contributed by atoms with Crippen molar-refractivity contribution in [3.8, 4) is 11.5 Å². The number of benzene rings is 4. The Balaban J connectivity index is 1.42. The van der Waals surface area contributed by atoms with Gasteiger partial charge in [0, 0.05) is 5.56 Å². The SMILES string of the molecule is CCOc1cc(/C=C2\N=C(c3ccc4ccccc4c3)OC2=O)cc(Br)c1OCc1cccc(C)c1. The third kappa shape index (κ3) is 5.19. The maximum absolute atomic E-state index is 12.6. The zero-order chi connectivity index (χ0) is 25.1. The molecule has 5 rings (SSSR count). The molecule has 0 atom stereocenters. The van der Waals surface area contributed by atoms with E-state index in [0.717, 1.165) is 31.9 Å². The molecule has 1 aliphatic heterocycles. The molecular weight excluding hydrogens is 518 g/mol. The Bertz CT molecular complexity index is 1520. The quantitative estimate of drug-likeness (QED) is 0.183. The molecule has 0 amide bonds. The van der Waals surface area contributed by atoms with Crippen LogP contribution in [0.3, 0.4) is 0 Å². The summed E-state index contributed by atoms with van der Waals surface area (Å²) in [6, 6.07) is 25.8. The molecule has 0 radical (unpaired) electrons. The second kappa shape index (κ2) is 10.4. The lowest BCUT2D eigenvalue weighted by atomic mass is 10.1. The topological polar surface area (TPSA) is 57.1 Å². The number of aliphatic imine (C=N–C) groups is 1. The highest BCUT2D eigenvalue weighted by Crippen LogP contribution is 2.38. The number of carbonyl (C=O) groups excluding carboxylic acids is 1. The molecule has 0 saturated carbocycles. The van der Waals surface area contributed by atoms with Gasteiger partial charge in [-0.1, -0.05) is 60.2 Å². The molecule has 4 aromatic carbocycles. The highest BCUT2D eigenvalue weighted by atomic mass is 79.9. The first-order chi connectivity index (χ1) is 17.5. The fourth-order valence-corrected chi connectivity index (χ4v) is 4.62. The summed E-state index contributed by atoms with van der Waals surface area (Å²) in [6.07, 6.45) is 1.69. The highest BCUT2D eigenvalue weighted by Gasteiger charge is 2.25. The van der Waals surface area contributed by atoms with Crippen molar-refractivity contribution in [3.63, 3.8) is 0 Å². The number of cyclic esters (lactones) is 1. The van der Waals surface area contributed by atoms with Crippen molar-refractivity contribution in [2.45, 2.75) is 20.5 Å². The van der Waals surface area contributed by atoms with Crippen LogP contribution >= 0.6 is 15.9 Å². The van der Waals surface area contributed by atoms with Crippen molar-refractivity contribution < 1.29 is 19.0 Å². The van der Waals surface area contributed by atoms with Gasteiger partial charge in [0.25, 0.3) is 0 Å². The molecule has 180 valence electrons. The van der Waals surface area contributed by atoms with E-state index in [4.69, 9.17) is 14.2 Å². The number of esters is 1. The number of ether oxygens (including phenoxy) is 3. The van der Waals surface area contributed by atoms with Gasteiger partial charge in [0.2, 0.25) is 5.90 Å². The zero-order valence-corrected chi connectivity index (χ0v) is 21.5. The van der Waals surface area contributed by atoms with Gasteiger partial charge in [-0.15, -0.1) is 0 Å². The number of hydrogen-bond acceptors (Lipinski definition) is 5. The zero-order valence-electron chi connectivity index (χ0n) is 20.0. The lowest BCUT2D eigenvalue weighted by Gasteiger charge is -2.15. The van der Waals surface area contributed by atoms with Gasteiger partial charge in [0.05, 0.1) is 11.1 Å². The minimum Gasteiger partial charge on any atom is -0.490 e. The lowest BCUT2D eigenvalue weighted by molar-refractivity contribution is -0.129. The number of fused-ring (bicyclic) bond motifs is 1. The minimum atomic E-state index is -0.494. The predicted octanol–water partition coefficient (Wildman–Crippen LogP) is 7.23. The molecule has 1 heterocycles. The summed E-state index contributed by atoms with van der Waals surface area (Å²) in [4.78, 5) is 17.1. The Morgan fingerprint density at radius 2 is 1.78 bits per heavy atom. The number of rotatable bonds is 7. The van der Waals surface area contributed by atoms with Crippen LogP contribution in [0.4, 0.5) is 0 Å². The predicted molar refractivity (Wildman–Crippen MR) is 145 cm³/mol. The Morgan fingerprint density at radius 3 is 2.58 bits per heavy atom. The van der Waals surface area contributed by atoms with Crippen LogP contribution in [-0.4, -0.2) is 18.5 Å². The van der Waals surface area contributed by atoms with E-state index in [9.17, 15) is 4.79 Å². The van der Waals surface area contributed by atoms with E-state index in [1.807, 2.05) is 73.7 Å². The number of halogens is 1. The smallest absolute Gasteiger partial charge is 0.363 e. The Kier molecular flexibility index (Phi) is 6.87. The molecule has 0 fully saturated rings. The summed E-state index contributed by atoms with van der Waals surface area (Å²) in [7, 11) is 0. The van der Waals surface area contributed by atoms with Crippen LogP contribution in [0.5, 0.6) is 11.5 Å². The summed E-state index contributed by atoms with van der Waals surface area (Å²) in [5.74, 6) is 0.984. The fraction of sp³-hybridized carbons (Fsp3) is 0.133. The van der Waals surface area contributed by atoms with E-state index in [2.05, 4.69) is 40.0 Å². The van der Waals surface area contributed by atoms with Crippen molar-refractivity contribution >= 4 is 44.6 Å². The first kappa shape index (κ1) is 23.8. The van der Waals surface area contributed by atoms with Crippen LogP contribution in [0.15, 0.2) is 94.0 Å². The molecule has 5 nitrogen and oxygen atoms in total. The number of hydrogen-bond donors (Lipinski definition) is 0. The largest absolute Gasteiger partial charge is 0.490 e. The standard InChI is InChI=1S/C30H24BrNO4/c1-3-34-27-16-21(14-25(31)28(27)35-18-20-8-6-7-19(2)13-20)15-26-30(33)36-29(32-26)24-12-11-22-9-4-5-10-23(22)17-24/h4-17H,3,18H2,1-2H3/b26-15-. The van der Waals surface area contributed by atoms with Gasteiger partial charge in [0.1, 0.15) is 6.61 Å². The molecule has 0 unspecified atom stereocenters. The van der Waals surface area contributed by atoms with Gasteiger partial charge in [-0.2, -0.15) is 0 Å². The number of nitrogens with zero attached hydrogens (tertiary/aromatic N) is 1. The third-order valence-corrected chi connectivity index (χ3v) is 6.31. The van der Waals surface area contributed by atoms with Crippen molar-refractivity contribution in [3.05, 3.63) is 111 Å². The molecule has 4 aromatic rings. The van der Waals surface area contributed by atoms with Gasteiger partial charge in [-0.05, 0) is 82.0 Å². The summed E-state index contributed by atoms with van der Waals surface area (Å²) in [5, 5.41) is 2.16. The summed E-state index contributed by atoms with van der Waals surface area (Å²) < 4.78 is 18.2. The molecule has 0 bridgehead atoms. The monoisotopic (exact) mass is 541 g/mol. The summed E-state index contributed by atoms with van der Waals surface area (Å²) >= 11 is 3.61. The van der Waals surface area contributed by atoms with Crippen LogP contribution in [0, 0.1) is 6.92 Å². The van der Waals surface area contributed by atoms with Crippen molar-refractivity contribution in [1.29, 1.82) is 0 Å². The van der Waals surface area contributed by atoms with E-state index in [-0.39, 0.29) is 5.70 Å². The van der Waals surface area contributed by atoms with Gasteiger partial charge >= 0.3 is 5.97 Å². The van der Waals surface area contributed by atoms with Crippen molar-refractivity contribution in [2.24, 2.45) is 4.99 Å². The van der Waals surface area contributed by atoms with Crippen molar-refractivity contribution in [2.75, 3.05) is 6.61 Å². The Morgan fingerprint density at radius 1 is 0.944 bits per heavy atom. The van der Waals surface area contributed by atoms with Crippen molar-refractivity contribution in [1.82, 2.24) is 0 Å². The van der Waals surface area contributed by atoms with E-state index >= 15 is 0 Å². The van der Waals surface area contributed by atoms with Crippen LogP contribution in [0.1, 0.15) is 29.2 Å². The highest BCUT2D eigenvalue weighted by molar-refractivity contribution is 9.10. The molecule has 0 aromatic heterocycles. The van der Waals surface area contributed by atoms with Gasteiger partial charge in [0.15, 0.2) is 17.2 Å². The fourth-order valence-electron chi connectivity index (χ4n) is 4.04. The van der Waals surface area contributed by atoms with Gasteiger partial charge < -0.3 is 14.2 Å². The maximum Gasteiger partial charge on any atom is 0.363 e. The summed E-state index contributed by atoms with van der Waals surface area (Å²) in [5.41, 5.74) is 3.96. The third-order valence-electron chi connectivity index (χ3n) is 5.72. The average Bonchev–Trinajstić information content (AvgIpc) is 3.23. The van der Waals surface area contributed by atoms with Crippen LogP contribution < -0.4 is 9.47 Å². The molecule has 6 heteroatoms. The van der Waals surface area contributed by atoms with E-state index < -0.39 is 5.97 Å². The second-order valence-corrected chi connectivity index (χ2v) is 9.29. The molecule has 0 N–H and O–H groups in total. The molecule has 0 saturated heterocycles. The molecule has 1 aliphatic rings. The minimum absolute atomic E-state index is 0.223. The normalized spacial score (nSPS) is 14.1. The maximum atomic E-state index is 12.6. The summed E-state index contributed by atoms with van der Waals surface area (Å²) in [6.45, 7) is 4.85. The molecule has 36 heavy (non-hydrogen) atoms. The molecule has 0 spiro atoms. The van der Waals surface area contributed by atoms with Crippen LogP contribution in [-0.2, 0) is 16.1 Å².